The smallest absolute Gasteiger partial charge is 0.128 e. The molecule has 2 rings (SSSR count). The molecular weight excluding hydrogens is 244 g/mol. The van der Waals surface area contributed by atoms with Crippen LogP contribution >= 0.6 is 11.6 Å². The van der Waals surface area contributed by atoms with Gasteiger partial charge in [-0.05, 0) is 31.0 Å². The van der Waals surface area contributed by atoms with E-state index in [2.05, 4.69) is 41.2 Å². The zero-order valence-electron chi connectivity index (χ0n) is 10.8. The average Bonchev–Trinajstić information content (AvgIpc) is 2.43. The van der Waals surface area contributed by atoms with Crippen LogP contribution in [0.15, 0.2) is 36.4 Å². The van der Waals surface area contributed by atoms with E-state index in [-0.39, 0.29) is 0 Å². The number of anilines is 1. The molecule has 2 aromatic rings. The summed E-state index contributed by atoms with van der Waals surface area (Å²) in [5.74, 6) is 1.80. The summed E-state index contributed by atoms with van der Waals surface area (Å²) in [4.78, 5) is 6.88. The third-order valence-corrected chi connectivity index (χ3v) is 3.37. The van der Waals surface area contributed by atoms with Crippen LogP contribution in [0.1, 0.15) is 19.3 Å². The SMILES string of the molecule is CN(CCCCCCl)c1ccc2ccccc2n1. The summed E-state index contributed by atoms with van der Waals surface area (Å²) in [7, 11) is 2.10. The Bertz CT molecular complexity index is 499. The van der Waals surface area contributed by atoms with Gasteiger partial charge in [0.05, 0.1) is 5.52 Å². The first-order valence-corrected chi connectivity index (χ1v) is 6.97. The molecule has 1 aromatic heterocycles. The van der Waals surface area contributed by atoms with Crippen LogP contribution in [-0.2, 0) is 0 Å². The van der Waals surface area contributed by atoms with Crippen LogP contribution in [-0.4, -0.2) is 24.5 Å². The summed E-state index contributed by atoms with van der Waals surface area (Å²) >= 11 is 5.67. The van der Waals surface area contributed by atoms with Gasteiger partial charge in [0.1, 0.15) is 5.82 Å². The van der Waals surface area contributed by atoms with Gasteiger partial charge in [-0.25, -0.2) is 4.98 Å². The number of rotatable bonds is 6. The Morgan fingerprint density at radius 3 is 2.72 bits per heavy atom. The van der Waals surface area contributed by atoms with Crippen LogP contribution in [0.2, 0.25) is 0 Å². The number of fused-ring (bicyclic) bond motifs is 1. The first-order chi connectivity index (χ1) is 8.81. The number of alkyl halides is 1. The largest absolute Gasteiger partial charge is 0.360 e. The molecule has 0 aliphatic rings. The number of para-hydroxylation sites is 1. The van der Waals surface area contributed by atoms with Gasteiger partial charge < -0.3 is 4.90 Å². The van der Waals surface area contributed by atoms with Crippen LogP contribution in [0, 0.1) is 0 Å². The van der Waals surface area contributed by atoms with Crippen LogP contribution in [0.4, 0.5) is 5.82 Å². The van der Waals surface area contributed by atoms with E-state index in [1.807, 2.05) is 12.1 Å². The monoisotopic (exact) mass is 262 g/mol. The number of nitrogens with zero attached hydrogens (tertiary/aromatic N) is 2. The van der Waals surface area contributed by atoms with Crippen molar-refractivity contribution >= 4 is 28.3 Å². The predicted molar refractivity (Wildman–Crippen MR) is 79.6 cm³/mol. The van der Waals surface area contributed by atoms with Crippen molar-refractivity contribution in [3.8, 4) is 0 Å². The van der Waals surface area contributed by atoms with E-state index >= 15 is 0 Å². The van der Waals surface area contributed by atoms with E-state index in [1.54, 1.807) is 0 Å². The highest BCUT2D eigenvalue weighted by molar-refractivity contribution is 6.17. The molecule has 0 radical (unpaired) electrons. The first-order valence-electron chi connectivity index (χ1n) is 6.44. The number of pyridine rings is 1. The molecule has 1 heterocycles. The molecule has 3 heteroatoms. The van der Waals surface area contributed by atoms with Gasteiger partial charge in [-0.2, -0.15) is 0 Å². The van der Waals surface area contributed by atoms with E-state index in [1.165, 1.54) is 11.8 Å². The van der Waals surface area contributed by atoms with Crippen molar-refractivity contribution in [1.82, 2.24) is 4.98 Å². The lowest BCUT2D eigenvalue weighted by molar-refractivity contribution is 0.704. The fraction of sp³-hybridized carbons (Fsp3) is 0.400. The van der Waals surface area contributed by atoms with Gasteiger partial charge in [0.2, 0.25) is 0 Å². The van der Waals surface area contributed by atoms with Crippen molar-refractivity contribution in [2.75, 3.05) is 24.4 Å². The highest BCUT2D eigenvalue weighted by atomic mass is 35.5. The second-order valence-electron chi connectivity index (χ2n) is 4.53. The van der Waals surface area contributed by atoms with E-state index in [0.717, 1.165) is 36.6 Å². The minimum Gasteiger partial charge on any atom is -0.360 e. The van der Waals surface area contributed by atoms with Crippen molar-refractivity contribution < 1.29 is 0 Å². The molecule has 0 fully saturated rings. The second-order valence-corrected chi connectivity index (χ2v) is 4.91. The van der Waals surface area contributed by atoms with Crippen LogP contribution in [0.25, 0.3) is 10.9 Å². The minimum atomic E-state index is 0.762. The summed E-state index contributed by atoms with van der Waals surface area (Å²) in [6.45, 7) is 1.03. The maximum absolute atomic E-state index is 5.67. The highest BCUT2D eigenvalue weighted by Crippen LogP contribution is 2.17. The van der Waals surface area contributed by atoms with Crippen molar-refractivity contribution in [3.63, 3.8) is 0 Å². The summed E-state index contributed by atoms with van der Waals surface area (Å²) in [5, 5.41) is 1.19. The Labute approximate surface area is 114 Å². The first kappa shape index (κ1) is 13.2. The normalized spacial score (nSPS) is 10.8. The molecule has 0 N–H and O–H groups in total. The molecule has 0 atom stereocenters. The zero-order valence-corrected chi connectivity index (χ0v) is 11.5. The average molecular weight is 263 g/mol. The Morgan fingerprint density at radius 1 is 1.06 bits per heavy atom. The zero-order chi connectivity index (χ0) is 12.8. The second kappa shape index (κ2) is 6.60. The third kappa shape index (κ3) is 3.36. The topological polar surface area (TPSA) is 16.1 Å². The lowest BCUT2D eigenvalue weighted by Gasteiger charge is -2.18. The molecule has 18 heavy (non-hydrogen) atoms. The molecule has 0 amide bonds. The number of unbranched alkanes of at least 4 members (excludes halogenated alkanes) is 2. The molecule has 96 valence electrons. The quantitative estimate of drug-likeness (QED) is 0.576. The van der Waals surface area contributed by atoms with Crippen LogP contribution in [0.3, 0.4) is 0 Å². The minimum absolute atomic E-state index is 0.762. The number of hydrogen-bond donors (Lipinski definition) is 0. The van der Waals surface area contributed by atoms with Crippen LogP contribution < -0.4 is 4.90 Å². The molecular formula is C15H19ClN2. The van der Waals surface area contributed by atoms with E-state index < -0.39 is 0 Å². The molecule has 0 spiro atoms. The van der Waals surface area contributed by atoms with Gasteiger partial charge in [0, 0.05) is 24.9 Å². The predicted octanol–water partition coefficient (Wildman–Crippen LogP) is 4.08. The van der Waals surface area contributed by atoms with Gasteiger partial charge in [-0.15, -0.1) is 11.6 Å². The van der Waals surface area contributed by atoms with Crippen molar-refractivity contribution in [3.05, 3.63) is 36.4 Å². The lowest BCUT2D eigenvalue weighted by Crippen LogP contribution is -2.19. The molecule has 0 aliphatic carbocycles. The Hall–Kier alpha value is -1.28. The van der Waals surface area contributed by atoms with Gasteiger partial charge in [-0.3, -0.25) is 0 Å². The summed E-state index contributed by atoms with van der Waals surface area (Å²) in [6, 6.07) is 12.4. The van der Waals surface area contributed by atoms with E-state index in [4.69, 9.17) is 11.6 Å². The van der Waals surface area contributed by atoms with Crippen molar-refractivity contribution in [2.45, 2.75) is 19.3 Å². The molecule has 0 aliphatic heterocycles. The Kier molecular flexibility index (Phi) is 4.82. The summed E-state index contributed by atoms with van der Waals surface area (Å²) in [5.41, 5.74) is 1.06. The van der Waals surface area contributed by atoms with Gasteiger partial charge in [-0.1, -0.05) is 24.6 Å². The van der Waals surface area contributed by atoms with Crippen molar-refractivity contribution in [2.24, 2.45) is 0 Å². The molecule has 2 nitrogen and oxygen atoms in total. The summed E-state index contributed by atoms with van der Waals surface area (Å²) < 4.78 is 0. The summed E-state index contributed by atoms with van der Waals surface area (Å²) in [6.07, 6.45) is 3.44. The molecule has 0 saturated carbocycles. The third-order valence-electron chi connectivity index (χ3n) is 3.10. The number of halogens is 1. The Balaban J connectivity index is 2.01. The molecule has 0 unspecified atom stereocenters. The van der Waals surface area contributed by atoms with Gasteiger partial charge in [0.25, 0.3) is 0 Å². The number of aromatic nitrogens is 1. The maximum atomic E-state index is 5.67. The van der Waals surface area contributed by atoms with Crippen LogP contribution in [0.5, 0.6) is 0 Å². The van der Waals surface area contributed by atoms with Gasteiger partial charge in [0.15, 0.2) is 0 Å². The highest BCUT2D eigenvalue weighted by Gasteiger charge is 2.03. The molecule has 1 aromatic carbocycles. The molecule has 0 saturated heterocycles. The molecule has 0 bridgehead atoms. The number of hydrogen-bond acceptors (Lipinski definition) is 2. The van der Waals surface area contributed by atoms with E-state index in [9.17, 15) is 0 Å². The number of benzene rings is 1. The fourth-order valence-electron chi connectivity index (χ4n) is 2.00. The van der Waals surface area contributed by atoms with Crippen molar-refractivity contribution in [1.29, 1.82) is 0 Å². The lowest BCUT2D eigenvalue weighted by atomic mass is 10.2. The maximum Gasteiger partial charge on any atom is 0.128 e. The fourth-order valence-corrected chi connectivity index (χ4v) is 2.19. The Morgan fingerprint density at radius 2 is 1.89 bits per heavy atom. The standard InChI is InChI=1S/C15H19ClN2/c1-18(12-6-2-5-11-16)15-10-9-13-7-3-4-8-14(13)17-15/h3-4,7-10H,2,5-6,11-12H2,1H3. The van der Waals surface area contributed by atoms with Gasteiger partial charge >= 0.3 is 0 Å². The van der Waals surface area contributed by atoms with E-state index in [0.29, 0.717) is 0 Å².